The van der Waals surface area contributed by atoms with Gasteiger partial charge in [-0.05, 0) is 36.6 Å². The standard InChI is InChI=1S/C28H30N2O4/c1-21(27(32)23-13-7-3-8-14-23)29-18-17-25(19-26(29)31)30(24-15-9-4-10-16-24)28(33)34-20-22-11-5-2-6-12-22/h2-16,21,25,27,32H,17-20H2,1H3/t21-,25+,27-/m1/s1. The Morgan fingerprint density at radius 2 is 1.59 bits per heavy atom. The fourth-order valence-corrected chi connectivity index (χ4v) is 4.43. The van der Waals surface area contributed by atoms with Crippen molar-refractivity contribution in [1.29, 1.82) is 0 Å². The van der Waals surface area contributed by atoms with E-state index in [9.17, 15) is 14.7 Å². The molecule has 0 radical (unpaired) electrons. The second-order valence-corrected chi connectivity index (χ2v) is 8.58. The van der Waals surface area contributed by atoms with Gasteiger partial charge < -0.3 is 14.7 Å². The van der Waals surface area contributed by atoms with Crippen LogP contribution in [0.3, 0.4) is 0 Å². The fraction of sp³-hybridized carbons (Fsp3) is 0.286. The summed E-state index contributed by atoms with van der Waals surface area (Å²) in [5.74, 6) is -0.0875. The second kappa shape index (κ2) is 11.0. The van der Waals surface area contributed by atoms with Crippen molar-refractivity contribution in [2.75, 3.05) is 11.4 Å². The quantitative estimate of drug-likeness (QED) is 0.544. The van der Waals surface area contributed by atoms with Crippen LogP contribution >= 0.6 is 0 Å². The second-order valence-electron chi connectivity index (χ2n) is 8.58. The first-order valence-corrected chi connectivity index (χ1v) is 11.6. The molecular formula is C28H30N2O4. The van der Waals surface area contributed by atoms with Gasteiger partial charge in [0.05, 0.1) is 18.2 Å². The lowest BCUT2D eigenvalue weighted by Gasteiger charge is -2.41. The van der Waals surface area contributed by atoms with E-state index in [2.05, 4.69) is 0 Å². The van der Waals surface area contributed by atoms with Crippen molar-refractivity contribution in [3.8, 4) is 0 Å². The topological polar surface area (TPSA) is 70.1 Å². The summed E-state index contributed by atoms with van der Waals surface area (Å²) in [5, 5.41) is 10.8. The molecule has 0 saturated carbocycles. The predicted molar refractivity (Wildman–Crippen MR) is 131 cm³/mol. The highest BCUT2D eigenvalue weighted by atomic mass is 16.6. The zero-order valence-corrected chi connectivity index (χ0v) is 19.3. The number of anilines is 1. The number of hydrogen-bond donors (Lipinski definition) is 1. The maximum absolute atomic E-state index is 13.2. The van der Waals surface area contributed by atoms with Gasteiger partial charge in [0.1, 0.15) is 6.61 Å². The van der Waals surface area contributed by atoms with Gasteiger partial charge in [0.2, 0.25) is 5.91 Å². The Hall–Kier alpha value is -3.64. The van der Waals surface area contributed by atoms with Gasteiger partial charge in [-0.2, -0.15) is 0 Å². The van der Waals surface area contributed by atoms with E-state index < -0.39 is 12.2 Å². The van der Waals surface area contributed by atoms with Crippen LogP contribution in [-0.4, -0.2) is 40.6 Å². The summed E-state index contributed by atoms with van der Waals surface area (Å²) >= 11 is 0. The van der Waals surface area contributed by atoms with Crippen molar-refractivity contribution in [3.05, 3.63) is 102 Å². The summed E-state index contributed by atoms with van der Waals surface area (Å²) in [5.41, 5.74) is 2.38. The van der Waals surface area contributed by atoms with E-state index >= 15 is 0 Å². The van der Waals surface area contributed by atoms with Gasteiger partial charge >= 0.3 is 6.09 Å². The molecule has 1 aliphatic heterocycles. The number of hydrogen-bond acceptors (Lipinski definition) is 4. The number of piperidine rings is 1. The molecule has 4 rings (SSSR count). The Bertz CT molecular complexity index is 1080. The molecule has 3 aromatic carbocycles. The summed E-state index contributed by atoms with van der Waals surface area (Å²) in [4.78, 5) is 29.6. The van der Waals surface area contributed by atoms with E-state index in [0.29, 0.717) is 18.7 Å². The van der Waals surface area contributed by atoms with Crippen molar-refractivity contribution >= 4 is 17.7 Å². The molecule has 0 spiro atoms. The molecule has 6 heteroatoms. The fourth-order valence-electron chi connectivity index (χ4n) is 4.43. The first-order chi connectivity index (χ1) is 16.5. The Kier molecular flexibility index (Phi) is 7.60. The first kappa shape index (κ1) is 23.5. The lowest BCUT2D eigenvalue weighted by molar-refractivity contribution is -0.138. The van der Waals surface area contributed by atoms with Gasteiger partial charge in [-0.1, -0.05) is 78.9 Å². The highest BCUT2D eigenvalue weighted by molar-refractivity contribution is 5.90. The summed E-state index contributed by atoms with van der Waals surface area (Å²) in [6.45, 7) is 2.47. The summed E-state index contributed by atoms with van der Waals surface area (Å²) in [6.07, 6.45) is -0.491. The zero-order chi connectivity index (χ0) is 23.9. The number of amides is 2. The summed E-state index contributed by atoms with van der Waals surface area (Å²) < 4.78 is 5.63. The minimum atomic E-state index is -0.775. The molecule has 1 N–H and O–H groups in total. The van der Waals surface area contributed by atoms with E-state index in [1.165, 1.54) is 0 Å². The summed E-state index contributed by atoms with van der Waals surface area (Å²) in [7, 11) is 0. The highest BCUT2D eigenvalue weighted by Crippen LogP contribution is 2.29. The number of para-hydroxylation sites is 1. The molecule has 0 unspecified atom stereocenters. The van der Waals surface area contributed by atoms with Crippen molar-refractivity contribution < 1.29 is 19.4 Å². The predicted octanol–water partition coefficient (Wildman–Crippen LogP) is 4.94. The number of carbonyl (C=O) groups excluding carboxylic acids is 2. The van der Waals surface area contributed by atoms with Gasteiger partial charge in [-0.3, -0.25) is 9.69 Å². The number of carbonyl (C=O) groups is 2. The normalized spacial score (nSPS) is 17.6. The minimum Gasteiger partial charge on any atom is -0.444 e. The number of ether oxygens (including phenoxy) is 1. The van der Waals surface area contributed by atoms with E-state index in [1.54, 1.807) is 9.80 Å². The van der Waals surface area contributed by atoms with Crippen molar-refractivity contribution in [2.24, 2.45) is 0 Å². The van der Waals surface area contributed by atoms with E-state index in [0.717, 1.165) is 11.1 Å². The number of likely N-dealkylation sites (tertiary alicyclic amines) is 1. The molecule has 176 valence electrons. The zero-order valence-electron chi connectivity index (χ0n) is 19.3. The molecule has 3 aromatic rings. The van der Waals surface area contributed by atoms with Crippen LogP contribution in [0, 0.1) is 0 Å². The van der Waals surface area contributed by atoms with E-state index in [1.807, 2.05) is 97.9 Å². The molecule has 3 atom stereocenters. The van der Waals surface area contributed by atoms with E-state index in [4.69, 9.17) is 4.74 Å². The third kappa shape index (κ3) is 5.46. The van der Waals surface area contributed by atoms with Gasteiger partial charge in [-0.15, -0.1) is 0 Å². The van der Waals surface area contributed by atoms with Crippen molar-refractivity contribution in [2.45, 2.75) is 44.6 Å². The number of rotatable bonds is 7. The highest BCUT2D eigenvalue weighted by Gasteiger charge is 2.37. The van der Waals surface area contributed by atoms with Crippen LogP contribution < -0.4 is 4.90 Å². The number of nitrogens with zero attached hydrogens (tertiary/aromatic N) is 2. The molecule has 34 heavy (non-hydrogen) atoms. The van der Waals surface area contributed by atoms with Crippen LogP contribution in [0.25, 0.3) is 0 Å². The molecule has 1 saturated heterocycles. The average Bonchev–Trinajstić information content (AvgIpc) is 2.89. The molecule has 0 aromatic heterocycles. The molecule has 1 heterocycles. The lowest BCUT2D eigenvalue weighted by Crippen LogP contribution is -2.53. The third-order valence-corrected chi connectivity index (χ3v) is 6.32. The van der Waals surface area contributed by atoms with Gasteiger partial charge in [0.25, 0.3) is 0 Å². The minimum absolute atomic E-state index is 0.0875. The Morgan fingerprint density at radius 3 is 2.21 bits per heavy atom. The van der Waals surface area contributed by atoms with Gasteiger partial charge in [0, 0.05) is 18.7 Å². The average molecular weight is 459 g/mol. The number of aliphatic hydroxyl groups is 1. The van der Waals surface area contributed by atoms with Crippen LogP contribution in [0.1, 0.15) is 37.0 Å². The van der Waals surface area contributed by atoms with Crippen LogP contribution in [-0.2, 0) is 16.1 Å². The smallest absolute Gasteiger partial charge is 0.414 e. The van der Waals surface area contributed by atoms with Crippen LogP contribution in [0.15, 0.2) is 91.0 Å². The van der Waals surface area contributed by atoms with Crippen LogP contribution in [0.2, 0.25) is 0 Å². The van der Waals surface area contributed by atoms with Gasteiger partial charge in [0.15, 0.2) is 0 Å². The lowest BCUT2D eigenvalue weighted by atomic mass is 9.96. The SMILES string of the molecule is C[C@H]([C@@H](O)c1ccccc1)N1CC[C@H](N(C(=O)OCc2ccccc2)c2ccccc2)CC1=O. The molecule has 0 bridgehead atoms. The molecule has 2 amide bonds. The monoisotopic (exact) mass is 458 g/mol. The Balaban J connectivity index is 1.46. The maximum Gasteiger partial charge on any atom is 0.414 e. The molecular weight excluding hydrogens is 428 g/mol. The third-order valence-electron chi connectivity index (χ3n) is 6.32. The molecule has 0 aliphatic carbocycles. The van der Waals surface area contributed by atoms with Crippen LogP contribution in [0.4, 0.5) is 10.5 Å². The van der Waals surface area contributed by atoms with E-state index in [-0.39, 0.29) is 31.0 Å². The van der Waals surface area contributed by atoms with Crippen LogP contribution in [0.5, 0.6) is 0 Å². The maximum atomic E-state index is 13.2. The number of benzene rings is 3. The van der Waals surface area contributed by atoms with Gasteiger partial charge in [-0.25, -0.2) is 4.79 Å². The van der Waals surface area contributed by atoms with Crippen molar-refractivity contribution in [3.63, 3.8) is 0 Å². The Labute approximate surface area is 200 Å². The first-order valence-electron chi connectivity index (χ1n) is 11.6. The molecule has 1 aliphatic rings. The molecule has 6 nitrogen and oxygen atoms in total. The Morgan fingerprint density at radius 1 is 1.00 bits per heavy atom. The summed E-state index contributed by atoms with van der Waals surface area (Å²) in [6, 6.07) is 27.5. The van der Waals surface area contributed by atoms with Crippen molar-refractivity contribution in [1.82, 2.24) is 4.90 Å². The molecule has 1 fully saturated rings. The largest absolute Gasteiger partial charge is 0.444 e. The number of aliphatic hydroxyl groups excluding tert-OH is 1.